The van der Waals surface area contributed by atoms with Crippen LogP contribution in [0.3, 0.4) is 0 Å². The highest BCUT2D eigenvalue weighted by Gasteiger charge is 2.71. The van der Waals surface area contributed by atoms with E-state index < -0.39 is 15.6 Å². The zero-order valence-corrected chi connectivity index (χ0v) is 17.7. The number of likely N-dealkylation sites (tertiary alicyclic amines) is 1. The van der Waals surface area contributed by atoms with Gasteiger partial charge in [-0.05, 0) is 74.6 Å². The van der Waals surface area contributed by atoms with Crippen molar-refractivity contribution in [3.05, 3.63) is 28.3 Å². The highest BCUT2D eigenvalue weighted by atomic mass is 35.5. The number of sulfonamides is 1. The van der Waals surface area contributed by atoms with Gasteiger partial charge in [-0.25, -0.2) is 8.42 Å². The number of hydrogen-bond donors (Lipinski definition) is 0. The van der Waals surface area contributed by atoms with Gasteiger partial charge in [-0.15, -0.1) is 0 Å². The van der Waals surface area contributed by atoms with Crippen molar-refractivity contribution >= 4 is 27.5 Å². The minimum atomic E-state index is -3.74. The molecule has 148 valence electrons. The Morgan fingerprint density at radius 1 is 1.11 bits per heavy atom. The van der Waals surface area contributed by atoms with Gasteiger partial charge in [-0.3, -0.25) is 4.79 Å². The van der Waals surface area contributed by atoms with E-state index in [1.807, 2.05) is 4.90 Å². The Morgan fingerprint density at radius 2 is 1.78 bits per heavy atom. The molecular weight excluding hydrogens is 384 g/mol. The zero-order valence-electron chi connectivity index (χ0n) is 16.2. The van der Waals surface area contributed by atoms with E-state index in [0.29, 0.717) is 29.5 Å². The third-order valence-corrected chi connectivity index (χ3v) is 9.16. The first-order chi connectivity index (χ1) is 12.7. The first kappa shape index (κ1) is 19.2. The summed E-state index contributed by atoms with van der Waals surface area (Å²) in [5.41, 5.74) is 0.515. The van der Waals surface area contributed by atoms with Crippen molar-refractivity contribution in [2.75, 3.05) is 19.6 Å². The van der Waals surface area contributed by atoms with Crippen LogP contribution < -0.4 is 0 Å². The molecule has 27 heavy (non-hydrogen) atoms. The Hall–Kier alpha value is -1.11. The average Bonchev–Trinajstić information content (AvgIpc) is 3.22. The molecule has 0 radical (unpaired) electrons. The minimum Gasteiger partial charge on any atom is -0.341 e. The summed E-state index contributed by atoms with van der Waals surface area (Å²) < 4.78 is 28.5. The molecule has 4 rings (SSSR count). The highest BCUT2D eigenvalue weighted by molar-refractivity contribution is 7.89. The Bertz CT molecular complexity index is 893. The molecule has 1 aromatic rings. The second-order valence-corrected chi connectivity index (χ2v) is 10.8. The molecule has 3 aliphatic rings. The predicted octanol–water partition coefficient (Wildman–Crippen LogP) is 3.37. The highest BCUT2D eigenvalue weighted by Crippen LogP contribution is 2.58. The summed E-state index contributed by atoms with van der Waals surface area (Å²) >= 11 is 6.15. The van der Waals surface area contributed by atoms with Gasteiger partial charge < -0.3 is 4.90 Å². The Kier molecular flexibility index (Phi) is 4.60. The Balaban J connectivity index is 1.67. The van der Waals surface area contributed by atoms with Crippen molar-refractivity contribution in [2.45, 2.75) is 56.9 Å². The van der Waals surface area contributed by atoms with E-state index in [4.69, 9.17) is 11.6 Å². The monoisotopic (exact) mass is 410 g/mol. The van der Waals surface area contributed by atoms with E-state index in [2.05, 4.69) is 6.92 Å². The molecule has 1 saturated carbocycles. The van der Waals surface area contributed by atoms with Crippen LogP contribution in [0.5, 0.6) is 0 Å². The lowest BCUT2D eigenvalue weighted by Crippen LogP contribution is -2.53. The van der Waals surface area contributed by atoms with Crippen LogP contribution in [0.25, 0.3) is 0 Å². The van der Waals surface area contributed by atoms with Crippen LogP contribution in [-0.2, 0) is 14.8 Å². The van der Waals surface area contributed by atoms with Gasteiger partial charge in [0.15, 0.2) is 0 Å². The molecule has 0 aromatic heterocycles. The van der Waals surface area contributed by atoms with E-state index in [0.717, 1.165) is 37.9 Å². The SMILES string of the molecule is Cc1cc(S(=O)(=O)N2CCC3CC32C(=O)N2CCC(C)CC2)c(C)cc1Cl. The van der Waals surface area contributed by atoms with Crippen LogP contribution in [0.2, 0.25) is 5.02 Å². The number of piperidine rings is 2. The van der Waals surface area contributed by atoms with Crippen molar-refractivity contribution in [1.82, 2.24) is 9.21 Å². The molecule has 2 saturated heterocycles. The summed E-state index contributed by atoms with van der Waals surface area (Å²) in [4.78, 5) is 15.5. The summed E-state index contributed by atoms with van der Waals surface area (Å²) in [6.45, 7) is 7.67. The van der Waals surface area contributed by atoms with Crippen LogP contribution in [0, 0.1) is 25.7 Å². The number of amides is 1. The molecule has 0 bridgehead atoms. The quantitative estimate of drug-likeness (QED) is 0.767. The molecule has 0 spiro atoms. The van der Waals surface area contributed by atoms with Gasteiger partial charge in [-0.1, -0.05) is 18.5 Å². The molecule has 5 nitrogen and oxygen atoms in total. The van der Waals surface area contributed by atoms with Crippen molar-refractivity contribution in [3.63, 3.8) is 0 Å². The first-order valence-corrected chi connectivity index (χ1v) is 11.6. The van der Waals surface area contributed by atoms with E-state index in [-0.39, 0.29) is 16.7 Å². The zero-order chi connectivity index (χ0) is 19.6. The van der Waals surface area contributed by atoms with Crippen molar-refractivity contribution in [1.29, 1.82) is 0 Å². The molecule has 2 unspecified atom stereocenters. The predicted molar refractivity (Wildman–Crippen MR) is 105 cm³/mol. The van der Waals surface area contributed by atoms with E-state index in [1.165, 1.54) is 4.31 Å². The fraction of sp³-hybridized carbons (Fsp3) is 0.650. The fourth-order valence-electron chi connectivity index (χ4n) is 4.78. The standard InChI is InChI=1S/C20H27ClN2O3S/c1-13-4-7-22(8-5-13)19(24)20-12-16(20)6-9-23(20)27(25,26)18-11-14(2)17(21)10-15(18)3/h10-11,13,16H,4-9,12H2,1-3H3. The summed E-state index contributed by atoms with van der Waals surface area (Å²) in [6, 6.07) is 3.34. The van der Waals surface area contributed by atoms with Crippen molar-refractivity contribution in [3.8, 4) is 0 Å². The molecular formula is C20H27ClN2O3S. The molecule has 3 fully saturated rings. The largest absolute Gasteiger partial charge is 0.341 e. The normalized spacial score (nSPS) is 29.0. The number of fused-ring (bicyclic) bond motifs is 1. The van der Waals surface area contributed by atoms with E-state index in [9.17, 15) is 13.2 Å². The number of hydrogen-bond acceptors (Lipinski definition) is 3. The molecule has 2 atom stereocenters. The maximum absolute atomic E-state index is 13.5. The number of carbonyl (C=O) groups excluding carboxylic acids is 1. The third kappa shape index (κ3) is 2.91. The molecule has 1 aliphatic carbocycles. The maximum atomic E-state index is 13.5. The molecule has 2 aliphatic heterocycles. The van der Waals surface area contributed by atoms with E-state index >= 15 is 0 Å². The van der Waals surface area contributed by atoms with Gasteiger partial charge in [-0.2, -0.15) is 4.31 Å². The first-order valence-electron chi connectivity index (χ1n) is 9.77. The van der Waals surface area contributed by atoms with Crippen molar-refractivity contribution in [2.24, 2.45) is 11.8 Å². The summed E-state index contributed by atoms with van der Waals surface area (Å²) in [5.74, 6) is 0.807. The maximum Gasteiger partial charge on any atom is 0.244 e. The Morgan fingerprint density at radius 3 is 2.41 bits per heavy atom. The topological polar surface area (TPSA) is 57.7 Å². The van der Waals surface area contributed by atoms with Gasteiger partial charge in [0.2, 0.25) is 15.9 Å². The molecule has 1 aromatic carbocycles. The van der Waals surface area contributed by atoms with Crippen LogP contribution in [0.1, 0.15) is 43.7 Å². The summed E-state index contributed by atoms with van der Waals surface area (Å²) in [5, 5.41) is 0.561. The molecule has 1 amide bonds. The van der Waals surface area contributed by atoms with Crippen molar-refractivity contribution < 1.29 is 13.2 Å². The third-order valence-electron chi connectivity index (χ3n) is 6.66. The van der Waals surface area contributed by atoms with Crippen LogP contribution in [-0.4, -0.2) is 48.7 Å². The molecule has 7 heteroatoms. The minimum absolute atomic E-state index is 0.0174. The van der Waals surface area contributed by atoms with Crippen LogP contribution >= 0.6 is 11.6 Å². The lowest BCUT2D eigenvalue weighted by molar-refractivity contribution is -0.137. The number of aryl methyl sites for hydroxylation is 2. The van der Waals surface area contributed by atoms with Gasteiger partial charge in [0.1, 0.15) is 5.54 Å². The molecule has 2 heterocycles. The smallest absolute Gasteiger partial charge is 0.244 e. The molecule has 0 N–H and O–H groups in total. The van der Waals surface area contributed by atoms with Gasteiger partial charge >= 0.3 is 0 Å². The number of nitrogens with zero attached hydrogens (tertiary/aromatic N) is 2. The number of carbonyl (C=O) groups is 1. The second-order valence-electron chi connectivity index (χ2n) is 8.53. The lowest BCUT2D eigenvalue weighted by atomic mass is 9.98. The fourth-order valence-corrected chi connectivity index (χ4v) is 7.10. The number of halogens is 1. The summed E-state index contributed by atoms with van der Waals surface area (Å²) in [7, 11) is -3.74. The van der Waals surface area contributed by atoms with Gasteiger partial charge in [0.05, 0.1) is 4.90 Å². The van der Waals surface area contributed by atoms with E-state index in [1.54, 1.807) is 26.0 Å². The lowest BCUT2D eigenvalue weighted by Gasteiger charge is -2.36. The van der Waals surface area contributed by atoms with Gasteiger partial charge in [0.25, 0.3) is 0 Å². The Labute approximate surface area is 166 Å². The second kappa shape index (κ2) is 6.46. The summed E-state index contributed by atoms with van der Waals surface area (Å²) in [6.07, 6.45) is 3.41. The number of rotatable bonds is 3. The number of benzene rings is 1. The van der Waals surface area contributed by atoms with Gasteiger partial charge in [0, 0.05) is 24.7 Å². The van der Waals surface area contributed by atoms with Crippen LogP contribution in [0.4, 0.5) is 0 Å². The van der Waals surface area contributed by atoms with Crippen LogP contribution in [0.15, 0.2) is 17.0 Å². The average molecular weight is 411 g/mol.